The zero-order valence-electron chi connectivity index (χ0n) is 9.24. The van der Waals surface area contributed by atoms with E-state index >= 15 is 0 Å². The highest BCUT2D eigenvalue weighted by atomic mass is 19.2. The van der Waals surface area contributed by atoms with Gasteiger partial charge in [-0.05, 0) is 19.1 Å². The van der Waals surface area contributed by atoms with Crippen molar-refractivity contribution in [1.82, 2.24) is 0 Å². The van der Waals surface area contributed by atoms with Gasteiger partial charge in [0.25, 0.3) is 0 Å². The van der Waals surface area contributed by atoms with E-state index in [4.69, 9.17) is 5.11 Å². The van der Waals surface area contributed by atoms with Crippen LogP contribution in [0.15, 0.2) is 18.2 Å². The molecule has 0 aliphatic carbocycles. The number of halogens is 2. The molecule has 0 aliphatic rings. The Labute approximate surface area is 97.3 Å². The van der Waals surface area contributed by atoms with Gasteiger partial charge < -0.3 is 9.84 Å². The molecule has 0 aromatic heterocycles. The zero-order chi connectivity index (χ0) is 12.8. The molecule has 0 saturated heterocycles. The van der Waals surface area contributed by atoms with Crippen LogP contribution < -0.4 is 0 Å². The predicted molar refractivity (Wildman–Crippen MR) is 58.3 cm³/mol. The molecular formula is C12H12F2O3. The Kier molecular flexibility index (Phi) is 4.63. The number of benzene rings is 1. The largest absolute Gasteiger partial charge is 0.505 e. The van der Waals surface area contributed by atoms with Gasteiger partial charge in [-0.15, -0.1) is 0 Å². The normalized spacial score (nSPS) is 10.8. The molecule has 92 valence electrons. The first-order valence-corrected chi connectivity index (χ1v) is 5.05. The molecule has 1 aromatic carbocycles. The maximum atomic E-state index is 13.2. The third-order valence-corrected chi connectivity index (χ3v) is 1.98. The summed E-state index contributed by atoms with van der Waals surface area (Å²) in [5.74, 6) is -3.64. The summed E-state index contributed by atoms with van der Waals surface area (Å²) in [7, 11) is 0. The van der Waals surface area contributed by atoms with Gasteiger partial charge in [0, 0.05) is 5.56 Å². The first-order chi connectivity index (χ1) is 8.06. The Balaban J connectivity index is 2.72. The highest BCUT2D eigenvalue weighted by molar-refractivity contribution is 5.72. The van der Waals surface area contributed by atoms with Crippen LogP contribution in [0.25, 0.3) is 6.08 Å². The second-order valence-electron chi connectivity index (χ2n) is 3.21. The molecule has 3 nitrogen and oxygen atoms in total. The van der Waals surface area contributed by atoms with E-state index in [1.54, 1.807) is 6.92 Å². The summed E-state index contributed by atoms with van der Waals surface area (Å²) >= 11 is 0. The first-order valence-electron chi connectivity index (χ1n) is 5.05. The number of phenolic OH excluding ortho intramolecular Hbond substituents is 1. The Morgan fingerprint density at radius 2 is 2.12 bits per heavy atom. The summed E-state index contributed by atoms with van der Waals surface area (Å²) in [6.45, 7) is 1.95. The van der Waals surface area contributed by atoms with Crippen molar-refractivity contribution in [1.29, 1.82) is 0 Å². The van der Waals surface area contributed by atoms with E-state index in [-0.39, 0.29) is 18.6 Å². The number of phenols is 1. The average Bonchev–Trinajstić information content (AvgIpc) is 2.29. The lowest BCUT2D eigenvalue weighted by Gasteiger charge is -2.00. The maximum absolute atomic E-state index is 13.2. The number of rotatable bonds is 4. The van der Waals surface area contributed by atoms with Gasteiger partial charge in [0.05, 0.1) is 13.0 Å². The Bertz CT molecular complexity index is 442. The van der Waals surface area contributed by atoms with Crippen LogP contribution in [0, 0.1) is 11.6 Å². The molecule has 0 amide bonds. The van der Waals surface area contributed by atoms with Crippen LogP contribution in [0.1, 0.15) is 18.9 Å². The van der Waals surface area contributed by atoms with E-state index in [1.165, 1.54) is 18.2 Å². The highest BCUT2D eigenvalue weighted by Crippen LogP contribution is 2.22. The average molecular weight is 242 g/mol. The monoisotopic (exact) mass is 242 g/mol. The van der Waals surface area contributed by atoms with Crippen molar-refractivity contribution in [2.45, 2.75) is 13.3 Å². The summed E-state index contributed by atoms with van der Waals surface area (Å²) in [6.07, 6.45) is 2.61. The minimum atomic E-state index is -1.30. The lowest BCUT2D eigenvalue weighted by atomic mass is 10.1. The van der Waals surface area contributed by atoms with E-state index in [9.17, 15) is 13.6 Å². The molecule has 0 atom stereocenters. The lowest BCUT2D eigenvalue weighted by Crippen LogP contribution is -2.01. The number of carbonyl (C=O) groups is 1. The standard InChI is InChI=1S/C12H12F2O3/c1-2-17-10(16)5-3-4-8-6-7-9(15)12(14)11(8)13/h3-4,6-7,15H,2,5H2,1H3. The van der Waals surface area contributed by atoms with Crippen molar-refractivity contribution >= 4 is 12.0 Å². The van der Waals surface area contributed by atoms with Crippen molar-refractivity contribution in [3.63, 3.8) is 0 Å². The molecule has 0 radical (unpaired) electrons. The summed E-state index contributed by atoms with van der Waals surface area (Å²) in [4.78, 5) is 11.0. The number of carbonyl (C=O) groups excluding carboxylic acids is 1. The van der Waals surface area contributed by atoms with Crippen LogP contribution in [-0.4, -0.2) is 17.7 Å². The first kappa shape index (κ1) is 13.2. The summed E-state index contributed by atoms with van der Waals surface area (Å²) in [5, 5.41) is 8.89. The highest BCUT2D eigenvalue weighted by Gasteiger charge is 2.10. The molecule has 0 saturated carbocycles. The number of aromatic hydroxyl groups is 1. The third kappa shape index (κ3) is 3.55. The van der Waals surface area contributed by atoms with E-state index in [2.05, 4.69) is 4.74 Å². The van der Waals surface area contributed by atoms with Crippen LogP contribution in [0.3, 0.4) is 0 Å². The Morgan fingerprint density at radius 3 is 2.76 bits per heavy atom. The van der Waals surface area contributed by atoms with Crippen LogP contribution in [0.2, 0.25) is 0 Å². The van der Waals surface area contributed by atoms with Gasteiger partial charge in [-0.2, -0.15) is 4.39 Å². The molecule has 0 spiro atoms. The fourth-order valence-electron chi connectivity index (χ4n) is 1.18. The maximum Gasteiger partial charge on any atom is 0.309 e. The fourth-order valence-corrected chi connectivity index (χ4v) is 1.18. The van der Waals surface area contributed by atoms with Gasteiger partial charge in [-0.1, -0.05) is 12.2 Å². The molecule has 17 heavy (non-hydrogen) atoms. The van der Waals surface area contributed by atoms with Crippen LogP contribution in [0.5, 0.6) is 5.75 Å². The van der Waals surface area contributed by atoms with Gasteiger partial charge in [-0.3, -0.25) is 4.79 Å². The summed E-state index contributed by atoms with van der Waals surface area (Å²) in [5.41, 5.74) is -0.0374. The Morgan fingerprint density at radius 1 is 1.41 bits per heavy atom. The predicted octanol–water partition coefficient (Wildman–Crippen LogP) is 2.64. The molecule has 1 N–H and O–H groups in total. The molecule has 5 heteroatoms. The summed E-state index contributed by atoms with van der Waals surface area (Å²) in [6, 6.07) is 2.26. The van der Waals surface area contributed by atoms with Crippen LogP contribution in [0.4, 0.5) is 8.78 Å². The van der Waals surface area contributed by atoms with E-state index in [1.807, 2.05) is 0 Å². The van der Waals surface area contributed by atoms with Gasteiger partial charge in [-0.25, -0.2) is 4.39 Å². The quantitative estimate of drug-likeness (QED) is 0.825. The van der Waals surface area contributed by atoms with Crippen molar-refractivity contribution in [2.75, 3.05) is 6.61 Å². The van der Waals surface area contributed by atoms with Crippen molar-refractivity contribution in [3.8, 4) is 5.75 Å². The van der Waals surface area contributed by atoms with Gasteiger partial charge in [0.1, 0.15) is 0 Å². The molecular weight excluding hydrogens is 230 g/mol. The van der Waals surface area contributed by atoms with Crippen molar-refractivity contribution in [3.05, 3.63) is 35.4 Å². The molecule has 1 rings (SSSR count). The zero-order valence-corrected chi connectivity index (χ0v) is 9.24. The van der Waals surface area contributed by atoms with Crippen molar-refractivity contribution in [2.24, 2.45) is 0 Å². The number of ether oxygens (including phenoxy) is 1. The molecule has 0 unspecified atom stereocenters. The topological polar surface area (TPSA) is 46.5 Å². The minimum Gasteiger partial charge on any atom is -0.505 e. The van der Waals surface area contributed by atoms with Crippen molar-refractivity contribution < 1.29 is 23.4 Å². The fraction of sp³-hybridized carbons (Fsp3) is 0.250. The second-order valence-corrected chi connectivity index (χ2v) is 3.21. The third-order valence-electron chi connectivity index (χ3n) is 1.98. The van der Waals surface area contributed by atoms with Gasteiger partial charge >= 0.3 is 5.97 Å². The summed E-state index contributed by atoms with van der Waals surface area (Å²) < 4.78 is 30.8. The SMILES string of the molecule is CCOC(=O)CC=Cc1ccc(O)c(F)c1F. The molecule has 0 bridgehead atoms. The van der Waals surface area contributed by atoms with Gasteiger partial charge in [0.15, 0.2) is 11.6 Å². The van der Waals surface area contributed by atoms with E-state index < -0.39 is 23.4 Å². The van der Waals surface area contributed by atoms with Crippen LogP contribution >= 0.6 is 0 Å². The number of hydrogen-bond donors (Lipinski definition) is 1. The number of esters is 1. The molecule has 1 aromatic rings. The molecule has 0 aliphatic heterocycles. The smallest absolute Gasteiger partial charge is 0.309 e. The minimum absolute atomic E-state index is 0.0181. The Hall–Kier alpha value is -1.91. The van der Waals surface area contributed by atoms with E-state index in [0.29, 0.717) is 0 Å². The molecule has 0 fully saturated rings. The molecule has 0 heterocycles. The van der Waals surface area contributed by atoms with Gasteiger partial charge in [0.2, 0.25) is 5.82 Å². The van der Waals surface area contributed by atoms with E-state index in [0.717, 1.165) is 6.07 Å². The second kappa shape index (κ2) is 5.98. The number of hydrogen-bond acceptors (Lipinski definition) is 3. The van der Waals surface area contributed by atoms with Crippen LogP contribution in [-0.2, 0) is 9.53 Å². The lowest BCUT2D eigenvalue weighted by molar-refractivity contribution is -0.142.